The molecular weight excluding hydrogens is 674 g/mol. The summed E-state index contributed by atoms with van der Waals surface area (Å²) in [6.07, 6.45) is 3.66. The summed E-state index contributed by atoms with van der Waals surface area (Å²) in [4.78, 5) is 80.6. The van der Waals surface area contributed by atoms with E-state index in [1.54, 1.807) is 4.90 Å². The van der Waals surface area contributed by atoms with Gasteiger partial charge in [-0.25, -0.2) is 0 Å². The van der Waals surface area contributed by atoms with Crippen molar-refractivity contribution in [2.75, 3.05) is 19.6 Å². The van der Waals surface area contributed by atoms with Crippen molar-refractivity contribution in [3.63, 3.8) is 0 Å². The van der Waals surface area contributed by atoms with E-state index < -0.39 is 53.6 Å². The standard InChI is InChI=1S/C40H59N7O6/c1-26(2)21-30(25-34(48)33(23-28-13-7-4-8-14-28)46-39(52)31(42)22-27-11-5-3-6-12-27)38(51)45-32(15-9-10-18-41)40(53)47-19-16-29(17-20-47)24-35(49)36(43)37(44)50/h3-8,11-14,26,29-33,36H,9-10,15-25,41-43H2,1-2H3,(H2,44,50)(H,45,51)(H,46,52)/t30-,31+,32+,33+,36-/m0/s1. The minimum atomic E-state index is -1.34. The van der Waals surface area contributed by atoms with Crippen LogP contribution in [-0.2, 0) is 41.6 Å². The number of primary amides is 1. The Balaban J connectivity index is 1.73. The number of rotatable bonds is 22. The van der Waals surface area contributed by atoms with Crippen molar-refractivity contribution in [3.05, 3.63) is 71.8 Å². The zero-order chi connectivity index (χ0) is 38.9. The lowest BCUT2D eigenvalue weighted by atomic mass is 9.87. The van der Waals surface area contributed by atoms with Crippen LogP contribution < -0.4 is 33.6 Å². The van der Waals surface area contributed by atoms with Gasteiger partial charge in [0, 0.05) is 31.8 Å². The van der Waals surface area contributed by atoms with Gasteiger partial charge in [0.25, 0.3) is 0 Å². The number of likely N-dealkylation sites (tertiary alicyclic amines) is 1. The molecule has 13 heteroatoms. The maximum Gasteiger partial charge on any atom is 0.245 e. The van der Waals surface area contributed by atoms with Crippen LogP contribution >= 0.6 is 0 Å². The number of carbonyl (C=O) groups excluding carboxylic acids is 6. The van der Waals surface area contributed by atoms with Gasteiger partial charge in [-0.05, 0) is 80.9 Å². The molecule has 1 heterocycles. The van der Waals surface area contributed by atoms with Crippen molar-refractivity contribution in [1.29, 1.82) is 0 Å². The van der Waals surface area contributed by atoms with Gasteiger partial charge in [-0.3, -0.25) is 28.8 Å². The van der Waals surface area contributed by atoms with Crippen molar-refractivity contribution in [2.24, 2.45) is 40.7 Å². The second-order valence-corrected chi connectivity index (χ2v) is 14.7. The fraction of sp³-hybridized carbons (Fsp3) is 0.550. The molecule has 13 nitrogen and oxygen atoms in total. The highest BCUT2D eigenvalue weighted by molar-refractivity contribution is 6.04. The molecule has 1 aliphatic heterocycles. The highest BCUT2D eigenvalue weighted by Crippen LogP contribution is 2.24. The Morgan fingerprint density at radius 2 is 1.34 bits per heavy atom. The van der Waals surface area contributed by atoms with Crippen LogP contribution in [0.1, 0.15) is 76.3 Å². The molecule has 4 amide bonds. The fourth-order valence-corrected chi connectivity index (χ4v) is 6.76. The third-order valence-corrected chi connectivity index (χ3v) is 9.83. The zero-order valence-electron chi connectivity index (χ0n) is 31.2. The summed E-state index contributed by atoms with van der Waals surface area (Å²) in [6.45, 7) is 5.13. The van der Waals surface area contributed by atoms with Crippen LogP contribution in [0.2, 0.25) is 0 Å². The molecule has 1 aliphatic rings. The van der Waals surface area contributed by atoms with Crippen LogP contribution in [0.25, 0.3) is 0 Å². The summed E-state index contributed by atoms with van der Waals surface area (Å²) in [6, 6.07) is 14.8. The Morgan fingerprint density at radius 3 is 1.89 bits per heavy atom. The van der Waals surface area contributed by atoms with Gasteiger partial charge < -0.3 is 38.5 Å². The van der Waals surface area contributed by atoms with Crippen molar-refractivity contribution in [2.45, 2.75) is 102 Å². The molecule has 0 aromatic heterocycles. The number of Topliss-reactive ketones (excluding diaryl/α,β-unsaturated/α-hetero) is 2. The zero-order valence-corrected chi connectivity index (χ0v) is 31.2. The van der Waals surface area contributed by atoms with Gasteiger partial charge in [0.05, 0.1) is 12.1 Å². The van der Waals surface area contributed by atoms with E-state index in [9.17, 15) is 28.8 Å². The van der Waals surface area contributed by atoms with Crippen molar-refractivity contribution >= 4 is 35.2 Å². The Morgan fingerprint density at radius 1 is 0.774 bits per heavy atom. The molecule has 1 saturated heterocycles. The molecule has 2 aromatic rings. The Hall–Kier alpha value is -4.46. The number of benzene rings is 2. The summed E-state index contributed by atoms with van der Waals surface area (Å²) in [7, 11) is 0. The maximum absolute atomic E-state index is 14.0. The van der Waals surface area contributed by atoms with E-state index in [4.69, 9.17) is 22.9 Å². The van der Waals surface area contributed by atoms with E-state index in [1.165, 1.54) is 0 Å². The third-order valence-electron chi connectivity index (χ3n) is 9.83. The summed E-state index contributed by atoms with van der Waals surface area (Å²) in [5, 5.41) is 5.85. The van der Waals surface area contributed by atoms with Gasteiger partial charge >= 0.3 is 0 Å². The number of hydrogen-bond donors (Lipinski definition) is 6. The van der Waals surface area contributed by atoms with E-state index >= 15 is 0 Å². The molecule has 1 fully saturated rings. The maximum atomic E-state index is 14.0. The van der Waals surface area contributed by atoms with Gasteiger partial charge in [0.1, 0.15) is 12.1 Å². The number of nitrogens with two attached hydrogens (primary N) is 4. The van der Waals surface area contributed by atoms with Crippen LogP contribution in [-0.4, -0.2) is 83.9 Å². The number of piperidine rings is 1. The van der Waals surface area contributed by atoms with Gasteiger partial charge in [0.15, 0.2) is 11.6 Å². The molecule has 5 atom stereocenters. The second kappa shape index (κ2) is 21.9. The average molecular weight is 734 g/mol. The molecule has 0 spiro atoms. The molecule has 3 rings (SSSR count). The van der Waals surface area contributed by atoms with E-state index in [0.29, 0.717) is 64.6 Å². The van der Waals surface area contributed by atoms with Crippen LogP contribution in [0.5, 0.6) is 0 Å². The first-order chi connectivity index (χ1) is 25.3. The minimum absolute atomic E-state index is 0.0409. The van der Waals surface area contributed by atoms with Crippen LogP contribution in [0.3, 0.4) is 0 Å². The first-order valence-corrected chi connectivity index (χ1v) is 18.8. The van der Waals surface area contributed by atoms with E-state index in [0.717, 1.165) is 11.1 Å². The lowest BCUT2D eigenvalue weighted by Gasteiger charge is -2.35. The number of ketones is 2. The minimum Gasteiger partial charge on any atom is -0.368 e. The quantitative estimate of drug-likeness (QED) is 0.0760. The smallest absolute Gasteiger partial charge is 0.245 e. The van der Waals surface area contributed by atoms with Gasteiger partial charge in [-0.1, -0.05) is 74.5 Å². The lowest BCUT2D eigenvalue weighted by Crippen LogP contribution is -2.53. The number of carbonyl (C=O) groups is 6. The molecule has 0 radical (unpaired) electrons. The number of nitrogens with one attached hydrogen (secondary N) is 2. The molecule has 0 bridgehead atoms. The number of hydrogen-bond acceptors (Lipinski definition) is 9. The number of nitrogens with zero attached hydrogens (tertiary/aromatic N) is 1. The molecule has 0 saturated carbocycles. The average Bonchev–Trinajstić information content (AvgIpc) is 3.14. The van der Waals surface area contributed by atoms with E-state index in [-0.39, 0.29) is 42.8 Å². The van der Waals surface area contributed by atoms with Crippen LogP contribution in [0.15, 0.2) is 60.7 Å². The molecule has 53 heavy (non-hydrogen) atoms. The monoisotopic (exact) mass is 733 g/mol. The molecule has 0 aliphatic carbocycles. The number of amides is 4. The summed E-state index contributed by atoms with van der Waals surface area (Å²) < 4.78 is 0. The third kappa shape index (κ3) is 14.5. The number of unbranched alkanes of at least 4 members (excludes halogenated alkanes) is 1. The summed E-state index contributed by atoms with van der Waals surface area (Å²) >= 11 is 0. The second-order valence-electron chi connectivity index (χ2n) is 14.7. The molecular formula is C40H59N7O6. The molecule has 10 N–H and O–H groups in total. The van der Waals surface area contributed by atoms with Crippen LogP contribution in [0, 0.1) is 17.8 Å². The summed E-state index contributed by atoms with van der Waals surface area (Å²) in [5.74, 6) is -3.38. The molecule has 0 unspecified atom stereocenters. The topological polar surface area (TPSA) is 234 Å². The van der Waals surface area contributed by atoms with Gasteiger partial charge in [-0.2, -0.15) is 0 Å². The van der Waals surface area contributed by atoms with Crippen molar-refractivity contribution in [1.82, 2.24) is 15.5 Å². The predicted molar refractivity (Wildman–Crippen MR) is 204 cm³/mol. The molecule has 290 valence electrons. The Labute approximate surface area is 313 Å². The van der Waals surface area contributed by atoms with Gasteiger partial charge in [-0.15, -0.1) is 0 Å². The van der Waals surface area contributed by atoms with E-state index in [2.05, 4.69) is 10.6 Å². The molecule has 2 aromatic carbocycles. The van der Waals surface area contributed by atoms with Crippen LogP contribution in [0.4, 0.5) is 0 Å². The largest absolute Gasteiger partial charge is 0.368 e. The van der Waals surface area contributed by atoms with E-state index in [1.807, 2.05) is 74.5 Å². The van der Waals surface area contributed by atoms with Crippen molar-refractivity contribution < 1.29 is 28.8 Å². The normalized spacial score (nSPS) is 16.2. The highest BCUT2D eigenvalue weighted by Gasteiger charge is 2.34. The first-order valence-electron chi connectivity index (χ1n) is 18.8. The SMILES string of the molecule is CC(C)C[C@@H](CC(=O)[C@@H](Cc1ccccc1)NC(=O)[C@H](N)Cc1ccccc1)C(=O)N[C@H](CCCCN)C(=O)N1CCC(CC(=O)[C@H](N)C(N)=O)CC1. The first kappa shape index (κ1) is 42.9. The Bertz CT molecular complexity index is 1500. The van der Waals surface area contributed by atoms with Crippen molar-refractivity contribution in [3.8, 4) is 0 Å². The Kier molecular flexibility index (Phi) is 17.8. The fourth-order valence-electron chi connectivity index (χ4n) is 6.76. The highest BCUT2D eigenvalue weighted by atomic mass is 16.2. The predicted octanol–water partition coefficient (Wildman–Crippen LogP) is 1.53. The van der Waals surface area contributed by atoms with Gasteiger partial charge in [0.2, 0.25) is 23.6 Å². The summed E-state index contributed by atoms with van der Waals surface area (Å²) in [5.41, 5.74) is 24.6. The lowest BCUT2D eigenvalue weighted by molar-refractivity contribution is -0.139.